The normalized spacial score (nSPS) is 10.8. The molecule has 0 saturated heterocycles. The van der Waals surface area contributed by atoms with Gasteiger partial charge in [0, 0.05) is 23.2 Å². The SMILES string of the molecule is CCCCN(Sc1cccc(/C=C/C(=O)NO)c1)c1ccccc1. The summed E-state index contributed by atoms with van der Waals surface area (Å²) >= 11 is 1.69. The van der Waals surface area contributed by atoms with Gasteiger partial charge in [0.2, 0.25) is 0 Å². The summed E-state index contributed by atoms with van der Waals surface area (Å²) in [6, 6.07) is 18.3. The van der Waals surface area contributed by atoms with E-state index in [1.165, 1.54) is 11.8 Å². The molecule has 2 rings (SSSR count). The number of unbranched alkanes of at least 4 members (excludes halogenated alkanes) is 1. The number of para-hydroxylation sites is 1. The van der Waals surface area contributed by atoms with Crippen molar-refractivity contribution >= 4 is 29.6 Å². The number of hydroxylamine groups is 1. The summed E-state index contributed by atoms with van der Waals surface area (Å²) in [7, 11) is 0. The highest BCUT2D eigenvalue weighted by Gasteiger charge is 2.08. The lowest BCUT2D eigenvalue weighted by Gasteiger charge is -2.23. The van der Waals surface area contributed by atoms with Crippen LogP contribution in [0.25, 0.3) is 6.08 Å². The Hall–Kier alpha value is -2.24. The number of nitrogens with one attached hydrogen (secondary N) is 1. The third-order valence-corrected chi connectivity index (χ3v) is 4.45. The predicted octanol–water partition coefficient (Wildman–Crippen LogP) is 4.52. The second kappa shape index (κ2) is 9.80. The van der Waals surface area contributed by atoms with Crippen LogP contribution in [0, 0.1) is 0 Å². The Kier molecular flexibility index (Phi) is 7.39. The lowest BCUT2D eigenvalue weighted by Crippen LogP contribution is -2.15. The smallest absolute Gasteiger partial charge is 0.267 e. The van der Waals surface area contributed by atoms with E-state index in [-0.39, 0.29) is 0 Å². The molecule has 5 heteroatoms. The summed E-state index contributed by atoms with van der Waals surface area (Å²) in [5.74, 6) is -0.540. The molecular weight excluding hydrogens is 320 g/mol. The molecule has 0 bridgehead atoms. The molecule has 24 heavy (non-hydrogen) atoms. The Morgan fingerprint density at radius 2 is 2.00 bits per heavy atom. The van der Waals surface area contributed by atoms with Crippen molar-refractivity contribution in [3.63, 3.8) is 0 Å². The molecule has 0 radical (unpaired) electrons. The fourth-order valence-corrected chi connectivity index (χ4v) is 3.17. The summed E-state index contributed by atoms with van der Waals surface area (Å²) in [5.41, 5.74) is 3.67. The topological polar surface area (TPSA) is 52.6 Å². The summed E-state index contributed by atoms with van der Waals surface area (Å²) in [6.45, 7) is 3.16. The van der Waals surface area contributed by atoms with Gasteiger partial charge in [-0.05, 0) is 54.3 Å². The van der Waals surface area contributed by atoms with Crippen molar-refractivity contribution in [2.24, 2.45) is 0 Å². The molecule has 0 unspecified atom stereocenters. The standard InChI is InChI=1S/C19H22N2O2S/c1-2-3-14-21(17-9-5-4-6-10-17)24-18-11-7-8-16(15-18)12-13-19(22)20-23/h4-13,15,23H,2-3,14H2,1H3,(H,20,22)/b13-12+. The number of carbonyl (C=O) groups excluding carboxylic acids is 1. The van der Waals surface area contributed by atoms with Crippen LogP contribution in [0.2, 0.25) is 0 Å². The predicted molar refractivity (Wildman–Crippen MR) is 100.0 cm³/mol. The van der Waals surface area contributed by atoms with E-state index < -0.39 is 5.91 Å². The molecule has 0 heterocycles. The number of nitrogens with zero attached hydrogens (tertiary/aromatic N) is 1. The van der Waals surface area contributed by atoms with Crippen molar-refractivity contribution in [1.29, 1.82) is 0 Å². The zero-order chi connectivity index (χ0) is 17.2. The Morgan fingerprint density at radius 3 is 2.71 bits per heavy atom. The van der Waals surface area contributed by atoms with E-state index in [2.05, 4.69) is 29.4 Å². The van der Waals surface area contributed by atoms with Gasteiger partial charge in [0.25, 0.3) is 5.91 Å². The second-order valence-corrected chi connectivity index (χ2v) is 6.36. The molecular formula is C19H22N2O2S. The van der Waals surface area contributed by atoms with E-state index in [1.807, 2.05) is 36.4 Å². The Balaban J connectivity index is 2.14. The number of carbonyl (C=O) groups is 1. The number of benzene rings is 2. The highest BCUT2D eigenvalue weighted by molar-refractivity contribution is 8.00. The van der Waals surface area contributed by atoms with Crippen LogP contribution >= 0.6 is 11.9 Å². The zero-order valence-electron chi connectivity index (χ0n) is 13.7. The van der Waals surface area contributed by atoms with Crippen LogP contribution in [0.5, 0.6) is 0 Å². The Labute approximate surface area is 147 Å². The third kappa shape index (κ3) is 5.76. The average molecular weight is 342 g/mol. The minimum Gasteiger partial charge on any atom is -0.312 e. The summed E-state index contributed by atoms with van der Waals surface area (Å²) in [5, 5.41) is 8.53. The molecule has 0 aliphatic carbocycles. The first-order valence-electron chi connectivity index (χ1n) is 7.95. The first-order valence-corrected chi connectivity index (χ1v) is 8.73. The zero-order valence-corrected chi connectivity index (χ0v) is 14.5. The fourth-order valence-electron chi connectivity index (χ4n) is 2.13. The first-order chi connectivity index (χ1) is 11.7. The minimum atomic E-state index is -0.540. The lowest BCUT2D eigenvalue weighted by atomic mass is 10.2. The van der Waals surface area contributed by atoms with E-state index in [9.17, 15) is 4.79 Å². The number of hydrogen-bond donors (Lipinski definition) is 2. The van der Waals surface area contributed by atoms with Crippen LogP contribution in [0.3, 0.4) is 0 Å². The van der Waals surface area contributed by atoms with Crippen molar-refractivity contribution < 1.29 is 10.0 Å². The molecule has 2 aromatic carbocycles. The van der Waals surface area contributed by atoms with Crippen LogP contribution in [-0.2, 0) is 4.79 Å². The van der Waals surface area contributed by atoms with Crippen LogP contribution < -0.4 is 9.79 Å². The van der Waals surface area contributed by atoms with E-state index in [0.29, 0.717) is 0 Å². The maximum absolute atomic E-state index is 11.1. The minimum absolute atomic E-state index is 0.540. The van der Waals surface area contributed by atoms with Gasteiger partial charge in [-0.15, -0.1) is 0 Å². The Morgan fingerprint density at radius 1 is 1.21 bits per heavy atom. The van der Waals surface area contributed by atoms with Gasteiger partial charge in [-0.25, -0.2) is 5.48 Å². The second-order valence-electron chi connectivity index (χ2n) is 5.26. The maximum Gasteiger partial charge on any atom is 0.267 e. The van der Waals surface area contributed by atoms with Crippen molar-refractivity contribution in [3.05, 3.63) is 66.2 Å². The fraction of sp³-hybridized carbons (Fsp3) is 0.211. The summed E-state index contributed by atoms with van der Waals surface area (Å²) in [4.78, 5) is 12.2. The maximum atomic E-state index is 11.1. The Bertz CT molecular complexity index is 674. The number of amides is 1. The molecule has 0 atom stereocenters. The van der Waals surface area contributed by atoms with Gasteiger partial charge in [0.15, 0.2) is 0 Å². The highest BCUT2D eigenvalue weighted by atomic mass is 32.2. The first kappa shape index (κ1) is 18.1. The lowest BCUT2D eigenvalue weighted by molar-refractivity contribution is -0.124. The largest absolute Gasteiger partial charge is 0.312 e. The molecule has 0 saturated carbocycles. The summed E-state index contributed by atoms with van der Waals surface area (Å²) < 4.78 is 2.28. The molecule has 0 aliphatic rings. The van der Waals surface area contributed by atoms with E-state index in [1.54, 1.807) is 23.5 Å². The average Bonchev–Trinajstić information content (AvgIpc) is 2.64. The van der Waals surface area contributed by atoms with Crippen LogP contribution in [-0.4, -0.2) is 17.7 Å². The van der Waals surface area contributed by atoms with Gasteiger partial charge in [-0.2, -0.15) is 0 Å². The monoisotopic (exact) mass is 342 g/mol. The number of rotatable bonds is 8. The van der Waals surface area contributed by atoms with Crippen molar-refractivity contribution in [2.75, 3.05) is 10.8 Å². The van der Waals surface area contributed by atoms with Gasteiger partial charge in [0.1, 0.15) is 0 Å². The molecule has 126 valence electrons. The van der Waals surface area contributed by atoms with Crippen molar-refractivity contribution in [1.82, 2.24) is 5.48 Å². The van der Waals surface area contributed by atoms with E-state index in [4.69, 9.17) is 5.21 Å². The number of hydrogen-bond acceptors (Lipinski definition) is 4. The van der Waals surface area contributed by atoms with Gasteiger partial charge in [-0.3, -0.25) is 10.0 Å². The molecule has 2 N–H and O–H groups in total. The molecule has 0 spiro atoms. The highest BCUT2D eigenvalue weighted by Crippen LogP contribution is 2.29. The number of anilines is 1. The van der Waals surface area contributed by atoms with Gasteiger partial charge >= 0.3 is 0 Å². The van der Waals surface area contributed by atoms with Crippen LogP contribution in [0.4, 0.5) is 5.69 Å². The summed E-state index contributed by atoms with van der Waals surface area (Å²) in [6.07, 6.45) is 5.24. The molecule has 0 aliphatic heterocycles. The third-order valence-electron chi connectivity index (χ3n) is 3.37. The van der Waals surface area contributed by atoms with E-state index in [0.717, 1.165) is 29.8 Å². The van der Waals surface area contributed by atoms with Gasteiger partial charge in [-0.1, -0.05) is 43.7 Å². The van der Waals surface area contributed by atoms with Gasteiger partial charge in [0.05, 0.1) is 0 Å². The molecule has 4 nitrogen and oxygen atoms in total. The molecule has 2 aromatic rings. The molecule has 0 aromatic heterocycles. The van der Waals surface area contributed by atoms with Crippen LogP contribution in [0.15, 0.2) is 65.6 Å². The van der Waals surface area contributed by atoms with Crippen molar-refractivity contribution in [2.45, 2.75) is 24.7 Å². The molecule has 1 amide bonds. The quantitative estimate of drug-likeness (QED) is 0.320. The van der Waals surface area contributed by atoms with Gasteiger partial charge < -0.3 is 4.31 Å². The van der Waals surface area contributed by atoms with E-state index >= 15 is 0 Å². The van der Waals surface area contributed by atoms with Crippen molar-refractivity contribution in [3.8, 4) is 0 Å². The molecule has 0 fully saturated rings. The van der Waals surface area contributed by atoms with Crippen LogP contribution in [0.1, 0.15) is 25.3 Å².